The van der Waals surface area contributed by atoms with Crippen LogP contribution in [0, 0.1) is 5.92 Å². The average molecular weight is 656 g/mol. The van der Waals surface area contributed by atoms with E-state index in [9.17, 15) is 18.0 Å². The second-order valence-corrected chi connectivity index (χ2v) is 13.4. The number of halogens is 1. The summed E-state index contributed by atoms with van der Waals surface area (Å²) in [4.78, 5) is 25.5. The topological polar surface area (TPSA) is 120 Å². The molecule has 0 amide bonds. The minimum Gasteiger partial charge on any atom is -0.462 e. The number of benzene rings is 1. The Balaban J connectivity index is 2.13. The summed E-state index contributed by atoms with van der Waals surface area (Å²) in [7, 11) is -3.81. The van der Waals surface area contributed by atoms with E-state index in [2.05, 4.69) is 25.9 Å². The Hall–Kier alpha value is -2.50. The summed E-state index contributed by atoms with van der Waals surface area (Å²) in [5.41, 5.74) is 2.13. The van der Waals surface area contributed by atoms with Gasteiger partial charge in [0.2, 0.25) is 0 Å². The summed E-state index contributed by atoms with van der Waals surface area (Å²) in [6.45, 7) is 11.3. The minimum absolute atomic E-state index is 0.0149. The van der Waals surface area contributed by atoms with E-state index >= 15 is 0 Å². The second-order valence-electron chi connectivity index (χ2n) is 10.8. The van der Waals surface area contributed by atoms with Crippen molar-refractivity contribution in [2.24, 2.45) is 11.0 Å². The molecule has 1 aromatic carbocycles. The van der Waals surface area contributed by atoms with Crippen molar-refractivity contribution in [2.45, 2.75) is 96.7 Å². The first-order valence-electron chi connectivity index (χ1n) is 13.8. The quantitative estimate of drug-likeness (QED) is 0.116. The number of sulfonamides is 1. The summed E-state index contributed by atoms with van der Waals surface area (Å²) < 4.78 is 43.5. The van der Waals surface area contributed by atoms with Gasteiger partial charge in [0.1, 0.15) is 18.3 Å². The normalized spacial score (nSPS) is 21.5. The van der Waals surface area contributed by atoms with Crippen molar-refractivity contribution in [3.8, 4) is 0 Å². The lowest BCUT2D eigenvalue weighted by atomic mass is 9.87. The van der Waals surface area contributed by atoms with Crippen molar-refractivity contribution >= 4 is 43.6 Å². The molecule has 0 aromatic heterocycles. The summed E-state index contributed by atoms with van der Waals surface area (Å²) in [6, 6.07) is 6.38. The number of carbonyl (C=O) groups is 2. The van der Waals surface area contributed by atoms with Crippen LogP contribution in [0.15, 0.2) is 62.0 Å². The van der Waals surface area contributed by atoms with Crippen LogP contribution in [-0.2, 0) is 33.8 Å². The lowest BCUT2D eigenvalue weighted by molar-refractivity contribution is -0.167. The number of ether oxygens (including phenoxy) is 3. The molecule has 1 N–H and O–H groups in total. The van der Waals surface area contributed by atoms with Crippen LogP contribution in [0.4, 0.5) is 0 Å². The zero-order valence-electron chi connectivity index (χ0n) is 24.9. The predicted molar refractivity (Wildman–Crippen MR) is 163 cm³/mol. The molecule has 0 radical (unpaired) electrons. The molecule has 41 heavy (non-hydrogen) atoms. The highest BCUT2D eigenvalue weighted by Crippen LogP contribution is 2.34. The lowest BCUT2D eigenvalue weighted by Crippen LogP contribution is -2.43. The van der Waals surface area contributed by atoms with Gasteiger partial charge in [0.15, 0.2) is 0 Å². The third-order valence-corrected chi connectivity index (χ3v) is 8.75. The van der Waals surface area contributed by atoms with Crippen LogP contribution in [0.1, 0.15) is 80.1 Å². The van der Waals surface area contributed by atoms with Gasteiger partial charge in [0, 0.05) is 30.5 Å². The summed E-state index contributed by atoms with van der Waals surface area (Å²) in [5, 5.41) is 4.35. The van der Waals surface area contributed by atoms with Gasteiger partial charge in [0.05, 0.1) is 11.5 Å². The van der Waals surface area contributed by atoms with Crippen LogP contribution < -0.4 is 4.83 Å². The highest BCUT2D eigenvalue weighted by atomic mass is 79.9. The number of hydrogen-bond acceptors (Lipinski definition) is 8. The Kier molecular flexibility index (Phi) is 13.7. The molecule has 0 aliphatic carbocycles. The van der Waals surface area contributed by atoms with Crippen molar-refractivity contribution in [3.05, 3.63) is 52.0 Å². The molecule has 2 rings (SSSR count). The number of hydrazone groups is 1. The smallest absolute Gasteiger partial charge is 0.303 e. The lowest BCUT2D eigenvalue weighted by Gasteiger charge is -2.35. The first kappa shape index (κ1) is 34.7. The molecule has 3 atom stereocenters. The number of rotatable bonds is 13. The first-order valence-corrected chi connectivity index (χ1v) is 16.1. The summed E-state index contributed by atoms with van der Waals surface area (Å²) in [5.74, 6) is -0.722. The number of hydrogen-bond donors (Lipinski definition) is 1. The van der Waals surface area contributed by atoms with Gasteiger partial charge in [-0.2, -0.15) is 13.5 Å². The molecule has 0 bridgehead atoms. The third kappa shape index (κ3) is 12.1. The van der Waals surface area contributed by atoms with Crippen LogP contribution in [-0.4, -0.2) is 51.0 Å². The van der Waals surface area contributed by atoms with E-state index in [1.165, 1.54) is 26.0 Å². The zero-order valence-corrected chi connectivity index (χ0v) is 27.3. The fourth-order valence-electron chi connectivity index (χ4n) is 4.48. The Labute approximate surface area is 253 Å². The van der Waals surface area contributed by atoms with E-state index in [-0.39, 0.29) is 29.4 Å². The van der Waals surface area contributed by atoms with Gasteiger partial charge in [-0.25, -0.2) is 4.83 Å². The maximum atomic E-state index is 12.8. The molecule has 1 aromatic rings. The van der Waals surface area contributed by atoms with E-state index in [0.29, 0.717) is 32.3 Å². The molecule has 1 unspecified atom stereocenters. The van der Waals surface area contributed by atoms with Gasteiger partial charge in [-0.1, -0.05) is 34.5 Å². The molecule has 1 aliphatic rings. The maximum absolute atomic E-state index is 12.8. The van der Waals surface area contributed by atoms with Gasteiger partial charge in [-0.05, 0) is 94.7 Å². The molecule has 1 fully saturated rings. The largest absolute Gasteiger partial charge is 0.462 e. The molecule has 228 valence electrons. The Morgan fingerprint density at radius 1 is 1.20 bits per heavy atom. The number of carbonyl (C=O) groups excluding carboxylic acids is 2. The predicted octanol–water partition coefficient (Wildman–Crippen LogP) is 6.24. The molecule has 9 nitrogen and oxygen atoms in total. The fourth-order valence-corrected chi connectivity index (χ4v) is 5.58. The molecule has 11 heteroatoms. The molecule has 1 saturated heterocycles. The summed E-state index contributed by atoms with van der Waals surface area (Å²) >= 11 is 3.32. The summed E-state index contributed by atoms with van der Waals surface area (Å²) in [6.07, 6.45) is 7.35. The van der Waals surface area contributed by atoms with Gasteiger partial charge in [0.25, 0.3) is 10.0 Å². The zero-order chi connectivity index (χ0) is 30.6. The van der Waals surface area contributed by atoms with Crippen molar-refractivity contribution in [1.82, 2.24) is 4.83 Å². The number of nitrogens with one attached hydrogen (secondary N) is 1. The second kappa shape index (κ2) is 16.2. The van der Waals surface area contributed by atoms with E-state index in [4.69, 9.17) is 14.2 Å². The molecule has 1 aliphatic heterocycles. The maximum Gasteiger partial charge on any atom is 0.303 e. The van der Waals surface area contributed by atoms with Crippen LogP contribution >= 0.6 is 15.9 Å². The number of allylic oxidation sites excluding steroid dienone is 2. The number of nitrogens with zero attached hydrogens (tertiary/aromatic N) is 1. The fraction of sp³-hybridized carbons (Fsp3) is 0.567. The first-order chi connectivity index (χ1) is 19.2. The van der Waals surface area contributed by atoms with Crippen LogP contribution in [0.3, 0.4) is 0 Å². The third-order valence-electron chi connectivity index (χ3n) is 6.99. The molecule has 0 spiro atoms. The highest BCUT2D eigenvalue weighted by Gasteiger charge is 2.39. The highest BCUT2D eigenvalue weighted by molar-refractivity contribution is 9.10. The van der Waals surface area contributed by atoms with Crippen molar-refractivity contribution < 1.29 is 32.2 Å². The van der Waals surface area contributed by atoms with E-state index in [0.717, 1.165) is 34.2 Å². The van der Waals surface area contributed by atoms with Gasteiger partial charge in [-0.3, -0.25) is 9.59 Å². The van der Waals surface area contributed by atoms with Crippen LogP contribution in [0.25, 0.3) is 0 Å². The average Bonchev–Trinajstić information content (AvgIpc) is 3.02. The Morgan fingerprint density at radius 3 is 2.49 bits per heavy atom. The van der Waals surface area contributed by atoms with Crippen molar-refractivity contribution in [3.63, 3.8) is 0 Å². The van der Waals surface area contributed by atoms with Crippen molar-refractivity contribution in [2.75, 3.05) is 13.2 Å². The number of esters is 2. The standard InChI is InChI=1S/C30H43BrN2O7S/c1-21(2)9-15-28(32-33-41(36,37)27-13-11-26(31)12-14-27)22(3)8-7-18-30(6)29(40-24(5)35)16-10-25(20-39-30)17-19-38-23(4)34/h9,11-14,17,22,29,33H,7-8,10,15-16,18-20H2,1-6H3/t22?,29-,30+/m1/s1. The van der Waals surface area contributed by atoms with Crippen molar-refractivity contribution in [1.29, 1.82) is 0 Å². The SMILES string of the molecule is CC(=O)OCC=C1CC[C@@H](OC(C)=O)[C@](C)(CCCC(C)C(CC=C(C)C)=NNS(=O)(=O)c2ccc(Br)cc2)OC1. The molecule has 1 heterocycles. The van der Waals surface area contributed by atoms with Crippen LogP contribution in [0.2, 0.25) is 0 Å². The van der Waals surface area contributed by atoms with E-state index < -0.39 is 21.7 Å². The molecular formula is C30H43BrN2O7S. The molecule has 0 saturated carbocycles. The van der Waals surface area contributed by atoms with E-state index in [1.54, 1.807) is 12.1 Å². The Bertz CT molecular complexity index is 1240. The monoisotopic (exact) mass is 654 g/mol. The molecular weight excluding hydrogens is 612 g/mol. The van der Waals surface area contributed by atoms with Crippen LogP contribution in [0.5, 0.6) is 0 Å². The van der Waals surface area contributed by atoms with Gasteiger partial charge >= 0.3 is 11.9 Å². The van der Waals surface area contributed by atoms with E-state index in [1.807, 2.05) is 39.8 Å². The van der Waals surface area contributed by atoms with Gasteiger partial charge < -0.3 is 14.2 Å². The Morgan fingerprint density at radius 2 is 1.88 bits per heavy atom. The minimum atomic E-state index is -3.81. The van der Waals surface area contributed by atoms with Gasteiger partial charge in [-0.15, -0.1) is 0 Å².